The highest BCUT2D eigenvalue weighted by atomic mass is 35.5. The number of carbonyl (C=O) groups excluding carboxylic acids is 1. The number of nitrogens with zero attached hydrogens (tertiary/aromatic N) is 6. The Balaban J connectivity index is 1.75. The summed E-state index contributed by atoms with van der Waals surface area (Å²) in [5.74, 6) is 0.972. The zero-order valence-electron chi connectivity index (χ0n) is 15.4. The van der Waals surface area contributed by atoms with Crippen molar-refractivity contribution in [3.63, 3.8) is 0 Å². The van der Waals surface area contributed by atoms with Crippen LogP contribution in [-0.2, 0) is 13.6 Å². The van der Waals surface area contributed by atoms with E-state index in [1.165, 1.54) is 4.68 Å². The first kappa shape index (κ1) is 18.8. The lowest BCUT2D eigenvalue weighted by Gasteiger charge is -2.14. The van der Waals surface area contributed by atoms with E-state index in [0.717, 1.165) is 5.69 Å². The Morgan fingerprint density at radius 2 is 2.04 bits per heavy atom. The van der Waals surface area contributed by atoms with Crippen molar-refractivity contribution in [2.75, 3.05) is 6.61 Å². The van der Waals surface area contributed by atoms with Gasteiger partial charge in [-0.3, -0.25) is 0 Å². The molecule has 10 heteroatoms. The van der Waals surface area contributed by atoms with E-state index < -0.39 is 5.97 Å². The maximum absolute atomic E-state index is 12.6. The minimum Gasteiger partial charge on any atom is -0.490 e. The molecular formula is C17H19ClN6O3. The maximum Gasteiger partial charge on any atom is 0.345 e. The van der Waals surface area contributed by atoms with Crippen LogP contribution in [0, 0.1) is 20.8 Å². The summed E-state index contributed by atoms with van der Waals surface area (Å²) in [6.45, 7) is 6.14. The summed E-state index contributed by atoms with van der Waals surface area (Å²) in [7, 11) is 1.71. The molecule has 0 N–H and O–H groups in total. The molecule has 0 bridgehead atoms. The van der Waals surface area contributed by atoms with E-state index in [1.807, 2.05) is 6.92 Å². The molecule has 0 aliphatic heterocycles. The number of rotatable bonds is 6. The Morgan fingerprint density at radius 3 is 2.67 bits per heavy atom. The van der Waals surface area contributed by atoms with Crippen molar-refractivity contribution in [3.8, 4) is 11.6 Å². The smallest absolute Gasteiger partial charge is 0.345 e. The number of esters is 1. The van der Waals surface area contributed by atoms with E-state index >= 15 is 0 Å². The van der Waals surface area contributed by atoms with Crippen LogP contribution < -0.4 is 9.47 Å². The number of ether oxygens (including phenoxy) is 2. The van der Waals surface area contributed by atoms with Crippen molar-refractivity contribution in [1.29, 1.82) is 0 Å². The highest BCUT2D eigenvalue weighted by molar-refractivity contribution is 6.32. The van der Waals surface area contributed by atoms with Gasteiger partial charge in [0.2, 0.25) is 5.88 Å². The van der Waals surface area contributed by atoms with Crippen molar-refractivity contribution >= 4 is 17.6 Å². The van der Waals surface area contributed by atoms with Crippen LogP contribution in [-0.4, -0.2) is 42.6 Å². The van der Waals surface area contributed by atoms with Gasteiger partial charge in [0.1, 0.15) is 18.2 Å². The summed E-state index contributed by atoms with van der Waals surface area (Å²) < 4.78 is 14.4. The van der Waals surface area contributed by atoms with Gasteiger partial charge in [-0.25, -0.2) is 14.2 Å². The van der Waals surface area contributed by atoms with Gasteiger partial charge in [-0.1, -0.05) is 11.6 Å². The second kappa shape index (κ2) is 7.75. The fourth-order valence-electron chi connectivity index (χ4n) is 2.58. The number of hydrogen-bond acceptors (Lipinski definition) is 7. The molecule has 3 aromatic rings. The summed E-state index contributed by atoms with van der Waals surface area (Å²) in [5.41, 5.74) is 1.72. The van der Waals surface area contributed by atoms with Crippen molar-refractivity contribution in [3.05, 3.63) is 45.9 Å². The van der Waals surface area contributed by atoms with E-state index in [1.54, 1.807) is 43.8 Å². The van der Waals surface area contributed by atoms with Crippen molar-refractivity contribution in [1.82, 2.24) is 30.0 Å². The van der Waals surface area contributed by atoms with E-state index in [-0.39, 0.29) is 0 Å². The summed E-state index contributed by atoms with van der Waals surface area (Å²) >= 11 is 6.25. The molecule has 0 spiro atoms. The molecule has 0 radical (unpaired) electrons. The first-order valence-corrected chi connectivity index (χ1v) is 8.62. The number of carbonyl (C=O) groups is 1. The Morgan fingerprint density at radius 1 is 1.26 bits per heavy atom. The van der Waals surface area contributed by atoms with Gasteiger partial charge in [0, 0.05) is 18.7 Å². The lowest BCUT2D eigenvalue weighted by Crippen LogP contribution is -2.15. The molecule has 0 saturated heterocycles. The van der Waals surface area contributed by atoms with Gasteiger partial charge in [-0.05, 0) is 43.3 Å². The Kier molecular flexibility index (Phi) is 5.41. The normalized spacial score (nSPS) is 10.9. The number of halogens is 1. The van der Waals surface area contributed by atoms with E-state index in [4.69, 9.17) is 21.1 Å². The van der Waals surface area contributed by atoms with Crippen LogP contribution in [0.5, 0.6) is 11.6 Å². The van der Waals surface area contributed by atoms with Crippen LogP contribution in [0.2, 0.25) is 5.02 Å². The van der Waals surface area contributed by atoms with E-state index in [9.17, 15) is 4.79 Å². The molecule has 9 nitrogen and oxygen atoms in total. The second-order valence-electron chi connectivity index (χ2n) is 5.98. The topological polar surface area (TPSA) is 97.0 Å². The van der Waals surface area contributed by atoms with Crippen LogP contribution in [0.25, 0.3) is 0 Å². The molecule has 3 rings (SSSR count). The second-order valence-corrected chi connectivity index (χ2v) is 6.39. The predicted molar refractivity (Wildman–Crippen MR) is 97.1 cm³/mol. The first-order chi connectivity index (χ1) is 12.9. The zero-order valence-corrected chi connectivity index (χ0v) is 16.2. The SMILES string of the molecule is Cc1cc(OC(=O)c2ccc(Cl)c(OCCn3nnnc3C)c2C)n(C)n1. The number of aryl methyl sites for hydroxylation is 3. The van der Waals surface area contributed by atoms with Crippen LogP contribution in [0.3, 0.4) is 0 Å². The standard InChI is InChI=1S/C17H19ClN6O3/c1-10-9-15(23(4)20-10)27-17(25)13-5-6-14(18)16(11(13)2)26-8-7-24-12(3)19-21-22-24/h5-6,9H,7-8H2,1-4H3. The third-order valence-corrected chi connectivity index (χ3v) is 4.29. The van der Waals surface area contributed by atoms with Gasteiger partial charge >= 0.3 is 5.97 Å². The Bertz CT molecular complexity index is 981. The van der Waals surface area contributed by atoms with Gasteiger partial charge in [-0.15, -0.1) is 5.10 Å². The van der Waals surface area contributed by atoms with Crippen LogP contribution in [0.1, 0.15) is 27.4 Å². The number of aromatic nitrogens is 6. The van der Waals surface area contributed by atoms with Crippen LogP contribution >= 0.6 is 11.6 Å². The Labute approximate surface area is 160 Å². The summed E-state index contributed by atoms with van der Waals surface area (Å²) in [6, 6.07) is 4.91. The average molecular weight is 391 g/mol. The lowest BCUT2D eigenvalue weighted by atomic mass is 10.1. The van der Waals surface area contributed by atoms with Crippen LogP contribution in [0.4, 0.5) is 0 Å². The van der Waals surface area contributed by atoms with Crippen molar-refractivity contribution in [2.24, 2.45) is 7.05 Å². The quantitative estimate of drug-likeness (QED) is 0.595. The minimum atomic E-state index is -0.506. The summed E-state index contributed by atoms with van der Waals surface area (Å²) in [4.78, 5) is 12.6. The Hall–Kier alpha value is -2.94. The third kappa shape index (κ3) is 4.08. The lowest BCUT2D eigenvalue weighted by molar-refractivity contribution is 0.0718. The molecule has 1 aromatic carbocycles. The van der Waals surface area contributed by atoms with Gasteiger partial charge in [0.15, 0.2) is 0 Å². The van der Waals surface area contributed by atoms with Gasteiger partial charge in [-0.2, -0.15) is 5.10 Å². The van der Waals surface area contributed by atoms with Gasteiger partial charge in [0.25, 0.3) is 0 Å². The fourth-order valence-corrected chi connectivity index (χ4v) is 2.84. The molecule has 2 aromatic heterocycles. The molecule has 27 heavy (non-hydrogen) atoms. The largest absolute Gasteiger partial charge is 0.490 e. The van der Waals surface area contributed by atoms with Crippen LogP contribution in [0.15, 0.2) is 18.2 Å². The number of hydrogen-bond donors (Lipinski definition) is 0. The van der Waals surface area contributed by atoms with Gasteiger partial charge < -0.3 is 9.47 Å². The molecule has 0 amide bonds. The zero-order chi connectivity index (χ0) is 19.6. The minimum absolute atomic E-state index is 0.297. The molecule has 0 aliphatic carbocycles. The predicted octanol–water partition coefficient (Wildman–Crippen LogP) is 2.28. The summed E-state index contributed by atoms with van der Waals surface area (Å²) in [5, 5.41) is 15.8. The third-order valence-electron chi connectivity index (χ3n) is 3.99. The number of tetrazole rings is 1. The average Bonchev–Trinajstić information content (AvgIpc) is 3.15. The first-order valence-electron chi connectivity index (χ1n) is 8.24. The monoisotopic (exact) mass is 390 g/mol. The number of benzene rings is 1. The van der Waals surface area contributed by atoms with E-state index in [2.05, 4.69) is 20.6 Å². The highest BCUT2D eigenvalue weighted by Crippen LogP contribution is 2.31. The van der Waals surface area contributed by atoms with Crippen molar-refractivity contribution in [2.45, 2.75) is 27.3 Å². The fraction of sp³-hybridized carbons (Fsp3) is 0.353. The molecule has 0 fully saturated rings. The molecule has 0 unspecified atom stereocenters. The van der Waals surface area contributed by atoms with Crippen molar-refractivity contribution < 1.29 is 14.3 Å². The maximum atomic E-state index is 12.6. The summed E-state index contributed by atoms with van der Waals surface area (Å²) in [6.07, 6.45) is 0. The molecule has 142 valence electrons. The molecule has 0 atom stereocenters. The molecule has 2 heterocycles. The van der Waals surface area contributed by atoms with E-state index in [0.29, 0.717) is 46.8 Å². The molecule has 0 aliphatic rings. The molecule has 0 saturated carbocycles. The molecular weight excluding hydrogens is 372 g/mol. The highest BCUT2D eigenvalue weighted by Gasteiger charge is 2.19. The van der Waals surface area contributed by atoms with Gasteiger partial charge in [0.05, 0.1) is 22.8 Å².